The van der Waals surface area contributed by atoms with E-state index in [9.17, 15) is 9.90 Å². The van der Waals surface area contributed by atoms with Crippen molar-refractivity contribution in [3.8, 4) is 0 Å². The molecule has 0 spiro atoms. The molecule has 1 aromatic carbocycles. The second-order valence-electron chi connectivity index (χ2n) is 5.68. The lowest BCUT2D eigenvalue weighted by Gasteiger charge is -2.31. The molecule has 1 aliphatic rings. The average Bonchev–Trinajstić information content (AvgIpc) is 3.13. The van der Waals surface area contributed by atoms with Crippen LogP contribution in [0.15, 0.2) is 40.1 Å². The van der Waals surface area contributed by atoms with E-state index < -0.39 is 0 Å². The molecule has 1 aromatic heterocycles. The summed E-state index contributed by atoms with van der Waals surface area (Å²) in [6.45, 7) is 1.69. The molecular formula is C17H20N2O2S2. The van der Waals surface area contributed by atoms with Crippen molar-refractivity contribution >= 4 is 29.0 Å². The molecule has 2 heterocycles. The number of amides is 1. The number of aromatic nitrogens is 1. The Kier molecular flexibility index (Phi) is 5.70. The molecule has 0 bridgehead atoms. The van der Waals surface area contributed by atoms with Crippen LogP contribution in [-0.2, 0) is 5.75 Å². The highest BCUT2D eigenvalue weighted by Gasteiger charge is 2.24. The summed E-state index contributed by atoms with van der Waals surface area (Å²) in [4.78, 5) is 20.0. The van der Waals surface area contributed by atoms with Crippen molar-refractivity contribution in [1.82, 2.24) is 9.88 Å². The van der Waals surface area contributed by atoms with E-state index in [1.807, 2.05) is 40.1 Å². The summed E-state index contributed by atoms with van der Waals surface area (Å²) in [5.41, 5.74) is 3.65. The Labute approximate surface area is 144 Å². The largest absolute Gasteiger partial charge is 0.396 e. The molecule has 4 nitrogen and oxygen atoms in total. The van der Waals surface area contributed by atoms with Crippen LogP contribution in [0.1, 0.15) is 28.9 Å². The van der Waals surface area contributed by atoms with Crippen molar-refractivity contribution in [2.75, 3.05) is 19.7 Å². The molecule has 0 aliphatic carbocycles. The van der Waals surface area contributed by atoms with Crippen LogP contribution in [0, 0.1) is 5.92 Å². The van der Waals surface area contributed by atoms with Gasteiger partial charge in [-0.3, -0.25) is 4.79 Å². The molecule has 3 rings (SSSR count). The Morgan fingerprint density at radius 1 is 1.35 bits per heavy atom. The van der Waals surface area contributed by atoms with Crippen molar-refractivity contribution in [3.63, 3.8) is 0 Å². The molecule has 0 unspecified atom stereocenters. The third-order valence-corrected chi connectivity index (χ3v) is 5.88. The predicted molar refractivity (Wildman–Crippen MR) is 93.8 cm³/mol. The number of nitrogens with zero attached hydrogens (tertiary/aromatic N) is 2. The normalized spacial score (nSPS) is 15.8. The van der Waals surface area contributed by atoms with Gasteiger partial charge in [0, 0.05) is 35.7 Å². The first-order valence-corrected chi connectivity index (χ1v) is 9.70. The Morgan fingerprint density at radius 2 is 2.13 bits per heavy atom. The zero-order valence-electron chi connectivity index (χ0n) is 12.9. The topological polar surface area (TPSA) is 53.4 Å². The molecule has 1 fully saturated rings. The summed E-state index contributed by atoms with van der Waals surface area (Å²) < 4.78 is 0. The molecule has 0 radical (unpaired) electrons. The minimum atomic E-state index is 0.0998. The van der Waals surface area contributed by atoms with Gasteiger partial charge in [0.2, 0.25) is 0 Å². The zero-order chi connectivity index (χ0) is 16.1. The lowest BCUT2D eigenvalue weighted by Crippen LogP contribution is -2.39. The summed E-state index contributed by atoms with van der Waals surface area (Å²) >= 11 is 3.25. The van der Waals surface area contributed by atoms with Crippen LogP contribution < -0.4 is 0 Å². The minimum absolute atomic E-state index is 0.0998. The van der Waals surface area contributed by atoms with E-state index in [1.54, 1.807) is 23.1 Å². The number of carbonyl (C=O) groups excluding carboxylic acids is 1. The SMILES string of the molecule is O=C(c1ccccc1SCc1cscn1)N1CCC(CO)CC1. The fourth-order valence-electron chi connectivity index (χ4n) is 2.72. The monoisotopic (exact) mass is 348 g/mol. The second-order valence-corrected chi connectivity index (χ2v) is 7.42. The third-order valence-electron chi connectivity index (χ3n) is 4.14. The van der Waals surface area contributed by atoms with Gasteiger partial charge >= 0.3 is 0 Å². The van der Waals surface area contributed by atoms with Gasteiger partial charge in [-0.05, 0) is 30.9 Å². The Balaban J connectivity index is 1.68. The number of hydrogen-bond acceptors (Lipinski definition) is 5. The van der Waals surface area contributed by atoms with E-state index in [0.717, 1.165) is 47.8 Å². The molecule has 0 atom stereocenters. The maximum Gasteiger partial charge on any atom is 0.254 e. The summed E-state index contributed by atoms with van der Waals surface area (Å²) in [5.74, 6) is 1.22. The number of thioether (sulfide) groups is 1. The number of thiazole rings is 1. The molecule has 1 amide bonds. The molecule has 23 heavy (non-hydrogen) atoms. The van der Waals surface area contributed by atoms with Gasteiger partial charge in [0.1, 0.15) is 0 Å². The molecule has 2 aromatic rings. The summed E-state index contributed by atoms with van der Waals surface area (Å²) in [7, 11) is 0. The van der Waals surface area contributed by atoms with Crippen molar-refractivity contribution in [2.24, 2.45) is 5.92 Å². The van der Waals surface area contributed by atoms with E-state index >= 15 is 0 Å². The number of rotatable bonds is 5. The molecular weight excluding hydrogens is 328 g/mol. The van der Waals surface area contributed by atoms with Gasteiger partial charge in [0.15, 0.2) is 0 Å². The van der Waals surface area contributed by atoms with Gasteiger partial charge < -0.3 is 10.0 Å². The Bertz CT molecular complexity index is 638. The number of likely N-dealkylation sites (tertiary alicyclic amines) is 1. The van der Waals surface area contributed by atoms with E-state index in [2.05, 4.69) is 4.98 Å². The van der Waals surface area contributed by atoms with Gasteiger partial charge in [0.25, 0.3) is 5.91 Å². The highest BCUT2D eigenvalue weighted by atomic mass is 32.2. The summed E-state index contributed by atoms with van der Waals surface area (Å²) in [6.07, 6.45) is 1.77. The van der Waals surface area contributed by atoms with Gasteiger partial charge in [-0.2, -0.15) is 0 Å². The number of aliphatic hydroxyl groups excluding tert-OH is 1. The first kappa shape index (κ1) is 16.5. The fourth-order valence-corrected chi connectivity index (χ4v) is 4.33. The van der Waals surface area contributed by atoms with Crippen LogP contribution in [0.3, 0.4) is 0 Å². The Morgan fingerprint density at radius 3 is 2.83 bits per heavy atom. The molecule has 6 heteroatoms. The van der Waals surface area contributed by atoms with Gasteiger partial charge in [-0.25, -0.2) is 4.98 Å². The lowest BCUT2D eigenvalue weighted by molar-refractivity contribution is 0.0647. The number of aliphatic hydroxyl groups is 1. The zero-order valence-corrected chi connectivity index (χ0v) is 14.5. The van der Waals surface area contributed by atoms with Crippen LogP contribution in [0.25, 0.3) is 0 Å². The third kappa shape index (κ3) is 4.13. The first-order valence-electron chi connectivity index (χ1n) is 7.77. The van der Waals surface area contributed by atoms with Gasteiger partial charge in [-0.15, -0.1) is 23.1 Å². The minimum Gasteiger partial charge on any atom is -0.396 e. The van der Waals surface area contributed by atoms with Crippen LogP contribution in [0.2, 0.25) is 0 Å². The molecule has 122 valence electrons. The van der Waals surface area contributed by atoms with Crippen LogP contribution >= 0.6 is 23.1 Å². The number of piperidine rings is 1. The highest BCUT2D eigenvalue weighted by molar-refractivity contribution is 7.98. The van der Waals surface area contributed by atoms with Crippen molar-refractivity contribution in [3.05, 3.63) is 46.4 Å². The van der Waals surface area contributed by atoms with Crippen LogP contribution in [0.5, 0.6) is 0 Å². The first-order chi connectivity index (χ1) is 11.3. The number of carbonyl (C=O) groups is 1. The van der Waals surface area contributed by atoms with Gasteiger partial charge in [-0.1, -0.05) is 12.1 Å². The van der Waals surface area contributed by atoms with Crippen molar-refractivity contribution in [2.45, 2.75) is 23.5 Å². The Hall–Kier alpha value is -1.37. The van der Waals surface area contributed by atoms with E-state index in [-0.39, 0.29) is 12.5 Å². The number of benzene rings is 1. The van der Waals surface area contributed by atoms with Gasteiger partial charge in [0.05, 0.1) is 16.8 Å². The maximum absolute atomic E-state index is 12.8. The van der Waals surface area contributed by atoms with Crippen molar-refractivity contribution < 1.29 is 9.90 Å². The standard InChI is InChI=1S/C17H20N2O2S2/c20-9-13-5-7-19(8-6-13)17(21)15-3-1-2-4-16(15)23-11-14-10-22-12-18-14/h1-4,10,12-13,20H,5-9,11H2. The summed E-state index contributed by atoms with van der Waals surface area (Å²) in [5, 5.41) is 11.3. The average molecular weight is 348 g/mol. The molecule has 1 N–H and O–H groups in total. The van der Waals surface area contributed by atoms with Crippen LogP contribution in [0.4, 0.5) is 0 Å². The van der Waals surface area contributed by atoms with E-state index in [4.69, 9.17) is 0 Å². The molecule has 0 saturated carbocycles. The van der Waals surface area contributed by atoms with Crippen LogP contribution in [-0.4, -0.2) is 40.6 Å². The molecule has 1 saturated heterocycles. The van der Waals surface area contributed by atoms with E-state index in [0.29, 0.717) is 5.92 Å². The predicted octanol–water partition coefficient (Wildman–Crippen LogP) is 3.28. The van der Waals surface area contributed by atoms with E-state index in [1.165, 1.54) is 0 Å². The summed E-state index contributed by atoms with van der Waals surface area (Å²) in [6, 6.07) is 7.80. The maximum atomic E-state index is 12.8. The quantitative estimate of drug-likeness (QED) is 0.843. The molecule has 1 aliphatic heterocycles. The second kappa shape index (κ2) is 7.95. The number of hydrogen-bond donors (Lipinski definition) is 1. The van der Waals surface area contributed by atoms with Crippen molar-refractivity contribution in [1.29, 1.82) is 0 Å². The highest BCUT2D eigenvalue weighted by Crippen LogP contribution is 2.28. The lowest BCUT2D eigenvalue weighted by atomic mass is 9.97. The fraction of sp³-hybridized carbons (Fsp3) is 0.412. The smallest absolute Gasteiger partial charge is 0.254 e.